The van der Waals surface area contributed by atoms with Gasteiger partial charge in [0.2, 0.25) is 0 Å². The summed E-state index contributed by atoms with van der Waals surface area (Å²) in [5.41, 5.74) is 0.194. The molecule has 0 radical (unpaired) electrons. The highest BCUT2D eigenvalue weighted by molar-refractivity contribution is 6.42. The Bertz CT molecular complexity index is 753. The van der Waals surface area contributed by atoms with E-state index in [-0.39, 0.29) is 5.56 Å². The summed E-state index contributed by atoms with van der Waals surface area (Å²) in [6.45, 7) is 4.17. The zero-order chi connectivity index (χ0) is 16.4. The summed E-state index contributed by atoms with van der Waals surface area (Å²) in [6, 6.07) is 3.16. The zero-order valence-corrected chi connectivity index (χ0v) is 14.3. The van der Waals surface area contributed by atoms with E-state index in [2.05, 4.69) is 6.92 Å². The van der Waals surface area contributed by atoms with Crippen LogP contribution in [0.3, 0.4) is 0 Å². The summed E-state index contributed by atoms with van der Waals surface area (Å²) in [4.78, 5) is 12.5. The molecule has 0 saturated heterocycles. The van der Waals surface area contributed by atoms with Crippen LogP contribution in [0.4, 0.5) is 0 Å². The second-order valence-electron chi connectivity index (χ2n) is 5.27. The number of hydrogen-bond acceptors (Lipinski definition) is 3. The van der Waals surface area contributed by atoms with E-state index in [1.54, 1.807) is 26.1 Å². The molecule has 1 aromatic heterocycles. The fourth-order valence-electron chi connectivity index (χ4n) is 2.43. The van der Waals surface area contributed by atoms with Gasteiger partial charge in [-0.05, 0) is 25.5 Å². The monoisotopic (exact) mass is 343 g/mol. The minimum atomic E-state index is -0.840. The Kier molecular flexibility index (Phi) is 5.37. The van der Waals surface area contributed by atoms with Gasteiger partial charge < -0.3 is 14.4 Å². The van der Waals surface area contributed by atoms with Gasteiger partial charge in [-0.3, -0.25) is 4.79 Å². The molecule has 2 aromatic rings. The number of fused-ring (bicyclic) bond motifs is 1. The van der Waals surface area contributed by atoms with Gasteiger partial charge >= 0.3 is 0 Å². The van der Waals surface area contributed by atoms with Gasteiger partial charge in [0.05, 0.1) is 33.8 Å². The Morgan fingerprint density at radius 2 is 1.86 bits per heavy atom. The molecule has 1 unspecified atom stereocenters. The van der Waals surface area contributed by atoms with Crippen LogP contribution in [0.15, 0.2) is 16.9 Å². The van der Waals surface area contributed by atoms with Crippen LogP contribution in [0.2, 0.25) is 10.0 Å². The second-order valence-corrected chi connectivity index (χ2v) is 6.08. The van der Waals surface area contributed by atoms with Crippen molar-refractivity contribution in [2.75, 3.05) is 6.61 Å². The lowest BCUT2D eigenvalue weighted by molar-refractivity contribution is 0.180. The number of unbranched alkanes of at least 4 members (excludes halogenated alkanes) is 1. The number of hydrogen-bond donors (Lipinski definition) is 1. The van der Waals surface area contributed by atoms with Crippen LogP contribution in [0.25, 0.3) is 10.8 Å². The third-order valence-corrected chi connectivity index (χ3v) is 4.30. The maximum atomic E-state index is 12.5. The molecule has 0 aliphatic rings. The predicted molar refractivity (Wildman–Crippen MR) is 90.2 cm³/mol. The number of aliphatic hydroxyl groups excluding tert-OH is 1. The minimum Gasteiger partial charge on any atom is -0.491 e. The summed E-state index contributed by atoms with van der Waals surface area (Å²) < 4.78 is 7.26. The first-order valence-corrected chi connectivity index (χ1v) is 7.96. The third kappa shape index (κ3) is 3.09. The standard InChI is InChI=1S/C16H19Cl2NO3/c1-4-5-6-22-15-10-7-12(17)13(18)8-11(10)16(21)19(3)14(15)9(2)20/h7-9,20H,4-6H2,1-3H3. The molecule has 0 aliphatic carbocycles. The molecule has 1 heterocycles. The molecule has 2 rings (SSSR count). The minimum absolute atomic E-state index is 0.243. The van der Waals surface area contributed by atoms with Gasteiger partial charge in [-0.25, -0.2) is 0 Å². The van der Waals surface area contributed by atoms with Crippen molar-refractivity contribution in [1.82, 2.24) is 4.57 Å². The number of pyridine rings is 1. The highest BCUT2D eigenvalue weighted by Gasteiger charge is 2.20. The van der Waals surface area contributed by atoms with E-state index < -0.39 is 6.10 Å². The van der Waals surface area contributed by atoms with E-state index in [0.717, 1.165) is 12.8 Å². The van der Waals surface area contributed by atoms with Crippen LogP contribution in [0.5, 0.6) is 5.75 Å². The number of halogens is 2. The molecule has 6 heteroatoms. The predicted octanol–water partition coefficient (Wildman–Crippen LogP) is 4.08. The lowest BCUT2D eigenvalue weighted by Crippen LogP contribution is -2.23. The lowest BCUT2D eigenvalue weighted by Gasteiger charge is -2.19. The average molecular weight is 344 g/mol. The van der Waals surface area contributed by atoms with Gasteiger partial charge in [-0.2, -0.15) is 0 Å². The Morgan fingerprint density at radius 3 is 2.41 bits per heavy atom. The molecule has 0 fully saturated rings. The number of benzene rings is 1. The van der Waals surface area contributed by atoms with Gasteiger partial charge in [0.1, 0.15) is 5.75 Å². The second kappa shape index (κ2) is 6.90. The summed E-state index contributed by atoms with van der Waals surface area (Å²) in [5.74, 6) is 0.485. The van der Waals surface area contributed by atoms with E-state index in [0.29, 0.717) is 38.9 Å². The Balaban J connectivity index is 2.80. The molecule has 0 bridgehead atoms. The van der Waals surface area contributed by atoms with Gasteiger partial charge in [0.15, 0.2) is 0 Å². The summed E-state index contributed by atoms with van der Waals surface area (Å²) in [5, 5.41) is 11.7. The summed E-state index contributed by atoms with van der Waals surface area (Å²) >= 11 is 12.1. The van der Waals surface area contributed by atoms with Crippen LogP contribution in [-0.4, -0.2) is 16.3 Å². The molecule has 4 nitrogen and oxygen atoms in total. The molecule has 1 aromatic carbocycles. The number of ether oxygens (including phenoxy) is 1. The molecule has 120 valence electrons. The van der Waals surface area contributed by atoms with Crippen molar-refractivity contribution in [2.24, 2.45) is 7.05 Å². The highest BCUT2D eigenvalue weighted by atomic mass is 35.5. The molecule has 0 saturated carbocycles. The van der Waals surface area contributed by atoms with Gasteiger partial charge in [-0.15, -0.1) is 0 Å². The Labute approximate surface area is 139 Å². The van der Waals surface area contributed by atoms with Crippen molar-refractivity contribution in [3.63, 3.8) is 0 Å². The smallest absolute Gasteiger partial charge is 0.258 e. The summed E-state index contributed by atoms with van der Waals surface area (Å²) in [7, 11) is 1.61. The molecule has 1 atom stereocenters. The molecule has 0 amide bonds. The molecule has 1 N–H and O–H groups in total. The van der Waals surface area contributed by atoms with E-state index in [1.165, 1.54) is 4.57 Å². The van der Waals surface area contributed by atoms with Crippen LogP contribution < -0.4 is 10.3 Å². The van der Waals surface area contributed by atoms with Gasteiger partial charge in [-0.1, -0.05) is 36.5 Å². The third-order valence-electron chi connectivity index (χ3n) is 3.57. The van der Waals surface area contributed by atoms with Crippen molar-refractivity contribution >= 4 is 34.0 Å². The quantitative estimate of drug-likeness (QED) is 0.832. The van der Waals surface area contributed by atoms with Crippen molar-refractivity contribution in [3.8, 4) is 5.75 Å². The maximum absolute atomic E-state index is 12.5. The zero-order valence-electron chi connectivity index (χ0n) is 12.8. The van der Waals surface area contributed by atoms with Crippen molar-refractivity contribution in [3.05, 3.63) is 38.2 Å². The van der Waals surface area contributed by atoms with Crippen molar-refractivity contribution in [1.29, 1.82) is 0 Å². The lowest BCUT2D eigenvalue weighted by atomic mass is 10.1. The van der Waals surface area contributed by atoms with E-state index in [9.17, 15) is 9.90 Å². The van der Waals surface area contributed by atoms with Gasteiger partial charge in [0, 0.05) is 12.4 Å². The molecular formula is C16H19Cl2NO3. The van der Waals surface area contributed by atoms with E-state index >= 15 is 0 Å². The molecule has 22 heavy (non-hydrogen) atoms. The largest absolute Gasteiger partial charge is 0.491 e. The Morgan fingerprint density at radius 1 is 1.27 bits per heavy atom. The first kappa shape index (κ1) is 17.1. The van der Waals surface area contributed by atoms with Crippen LogP contribution in [0, 0.1) is 0 Å². The first-order chi connectivity index (χ1) is 10.4. The van der Waals surface area contributed by atoms with Crippen molar-refractivity contribution in [2.45, 2.75) is 32.8 Å². The van der Waals surface area contributed by atoms with Crippen LogP contribution in [-0.2, 0) is 7.05 Å². The topological polar surface area (TPSA) is 51.5 Å². The number of rotatable bonds is 5. The highest BCUT2D eigenvalue weighted by Crippen LogP contribution is 2.35. The molecule has 0 aliphatic heterocycles. The van der Waals surface area contributed by atoms with Crippen molar-refractivity contribution < 1.29 is 9.84 Å². The SMILES string of the molecule is CCCCOc1c(C(C)O)n(C)c(=O)c2cc(Cl)c(Cl)cc12. The fourth-order valence-corrected chi connectivity index (χ4v) is 2.76. The normalized spacial score (nSPS) is 12.6. The van der Waals surface area contributed by atoms with Crippen LogP contribution in [0.1, 0.15) is 38.5 Å². The average Bonchev–Trinajstić information content (AvgIpc) is 2.46. The van der Waals surface area contributed by atoms with Gasteiger partial charge in [0.25, 0.3) is 5.56 Å². The molecular weight excluding hydrogens is 325 g/mol. The van der Waals surface area contributed by atoms with E-state index in [1.807, 2.05) is 0 Å². The number of aromatic nitrogens is 1. The van der Waals surface area contributed by atoms with E-state index in [4.69, 9.17) is 27.9 Å². The maximum Gasteiger partial charge on any atom is 0.258 e. The summed E-state index contributed by atoms with van der Waals surface area (Å²) in [6.07, 6.45) is 1.03. The number of aliphatic hydroxyl groups is 1. The Hall–Kier alpha value is -1.23. The van der Waals surface area contributed by atoms with Crippen LogP contribution >= 0.6 is 23.2 Å². The molecule has 0 spiro atoms. The fraction of sp³-hybridized carbons (Fsp3) is 0.438. The number of nitrogens with zero attached hydrogens (tertiary/aromatic N) is 1. The first-order valence-electron chi connectivity index (χ1n) is 7.21.